The largest absolute Gasteiger partial charge is 0.328 e. The lowest BCUT2D eigenvalue weighted by molar-refractivity contribution is 0.0725. The maximum absolute atomic E-state index is 12.9. The van der Waals surface area contributed by atoms with Crippen LogP contribution in [-0.4, -0.2) is 25.6 Å². The van der Waals surface area contributed by atoms with Crippen LogP contribution in [0.5, 0.6) is 0 Å². The minimum absolute atomic E-state index is 0.177. The molecule has 1 amide bonds. The molecule has 0 aliphatic carbocycles. The average Bonchev–Trinajstić information content (AvgIpc) is 3.12. The van der Waals surface area contributed by atoms with Crippen molar-refractivity contribution in [3.05, 3.63) is 68.9 Å². The quantitative estimate of drug-likeness (QED) is 0.697. The summed E-state index contributed by atoms with van der Waals surface area (Å²) < 4.78 is 1.55. The van der Waals surface area contributed by atoms with E-state index < -0.39 is 0 Å². The Morgan fingerprint density at radius 3 is 2.58 bits per heavy atom. The molecule has 0 radical (unpaired) electrons. The van der Waals surface area contributed by atoms with Gasteiger partial charge in [0.05, 0.1) is 11.6 Å². The molecular weight excluding hydrogens is 344 g/mol. The van der Waals surface area contributed by atoms with Gasteiger partial charge in [0.2, 0.25) is 0 Å². The highest BCUT2D eigenvalue weighted by molar-refractivity contribution is 7.11. The zero-order valence-corrected chi connectivity index (χ0v) is 15.0. The van der Waals surface area contributed by atoms with Crippen molar-refractivity contribution in [3.8, 4) is 0 Å². The smallest absolute Gasteiger partial charge is 0.276 e. The fraction of sp³-hybridized carbons (Fsp3) is 0.235. The summed E-state index contributed by atoms with van der Waals surface area (Å²) in [6, 6.07) is 7.91. The number of halogens is 1. The number of hydrogen-bond donors (Lipinski definition) is 0. The molecule has 0 atom stereocenters. The van der Waals surface area contributed by atoms with Crippen molar-refractivity contribution in [2.75, 3.05) is 0 Å². The third kappa shape index (κ3) is 3.83. The Hall–Kier alpha value is -2.18. The van der Waals surface area contributed by atoms with Gasteiger partial charge in [-0.3, -0.25) is 14.5 Å². The highest BCUT2D eigenvalue weighted by Crippen LogP contribution is 2.22. The van der Waals surface area contributed by atoms with E-state index in [9.17, 15) is 4.79 Å². The van der Waals surface area contributed by atoms with Crippen molar-refractivity contribution < 1.29 is 4.79 Å². The number of aromatic nitrogens is 3. The van der Waals surface area contributed by atoms with Gasteiger partial charge < -0.3 is 4.90 Å². The first-order valence-corrected chi connectivity index (χ1v) is 8.65. The van der Waals surface area contributed by atoms with E-state index in [0.29, 0.717) is 18.1 Å². The minimum atomic E-state index is -0.177. The molecule has 0 N–H and O–H groups in total. The number of carbonyl (C=O) groups excluding carboxylic acids is 1. The maximum Gasteiger partial charge on any atom is 0.276 e. The zero-order valence-electron chi connectivity index (χ0n) is 13.4. The molecule has 3 rings (SSSR count). The monoisotopic (exact) mass is 360 g/mol. The normalized spacial score (nSPS) is 10.8. The molecule has 0 saturated carbocycles. The van der Waals surface area contributed by atoms with Gasteiger partial charge in [-0.15, -0.1) is 11.3 Å². The van der Waals surface area contributed by atoms with Gasteiger partial charge in [-0.25, -0.2) is 0 Å². The summed E-state index contributed by atoms with van der Waals surface area (Å²) in [5, 5.41) is 4.57. The van der Waals surface area contributed by atoms with E-state index in [0.717, 1.165) is 10.4 Å². The summed E-state index contributed by atoms with van der Waals surface area (Å²) in [4.78, 5) is 21.1. The average molecular weight is 361 g/mol. The van der Waals surface area contributed by atoms with E-state index in [1.807, 2.05) is 18.2 Å². The molecule has 7 heteroatoms. The van der Waals surface area contributed by atoms with Crippen LogP contribution in [0.2, 0.25) is 5.02 Å². The highest BCUT2D eigenvalue weighted by Gasteiger charge is 2.22. The van der Waals surface area contributed by atoms with Crippen molar-refractivity contribution in [2.45, 2.75) is 20.0 Å². The summed E-state index contributed by atoms with van der Waals surface area (Å²) in [6.45, 7) is 3.05. The van der Waals surface area contributed by atoms with Gasteiger partial charge in [0, 0.05) is 41.9 Å². The summed E-state index contributed by atoms with van der Waals surface area (Å²) in [6.07, 6.45) is 5.08. The van der Waals surface area contributed by atoms with Crippen LogP contribution < -0.4 is 0 Å². The summed E-state index contributed by atoms with van der Waals surface area (Å²) in [5.41, 5.74) is 1.29. The van der Waals surface area contributed by atoms with Crippen LogP contribution in [0.15, 0.2) is 42.9 Å². The third-order valence-electron chi connectivity index (χ3n) is 3.54. The van der Waals surface area contributed by atoms with Crippen molar-refractivity contribution in [2.24, 2.45) is 7.05 Å². The molecule has 3 aromatic rings. The fourth-order valence-electron chi connectivity index (χ4n) is 2.42. The number of carbonyl (C=O) groups is 1. The van der Waals surface area contributed by atoms with Crippen LogP contribution in [0, 0.1) is 6.92 Å². The Kier molecular flexibility index (Phi) is 4.97. The molecule has 0 spiro atoms. The van der Waals surface area contributed by atoms with Crippen LogP contribution in [0.25, 0.3) is 0 Å². The molecule has 0 bridgehead atoms. The molecule has 24 heavy (non-hydrogen) atoms. The number of nitrogens with zero attached hydrogens (tertiary/aromatic N) is 4. The van der Waals surface area contributed by atoms with Crippen LogP contribution in [0.4, 0.5) is 0 Å². The third-order valence-corrected chi connectivity index (χ3v) is 4.80. The molecular formula is C17H17ClN4OS. The topological polar surface area (TPSA) is 51.0 Å². The molecule has 0 aromatic carbocycles. The van der Waals surface area contributed by atoms with Crippen LogP contribution >= 0.6 is 22.9 Å². The van der Waals surface area contributed by atoms with E-state index in [1.165, 1.54) is 4.88 Å². The number of aryl methyl sites for hydroxylation is 2. The van der Waals surface area contributed by atoms with Crippen LogP contribution in [-0.2, 0) is 20.1 Å². The molecule has 0 fully saturated rings. The Bertz CT molecular complexity index is 843. The molecule has 3 aromatic heterocycles. The number of hydrogen-bond acceptors (Lipinski definition) is 4. The zero-order chi connectivity index (χ0) is 17.1. The lowest BCUT2D eigenvalue weighted by Gasteiger charge is -2.21. The second-order valence-electron chi connectivity index (χ2n) is 5.53. The second-order valence-corrected chi connectivity index (χ2v) is 7.31. The van der Waals surface area contributed by atoms with Crippen molar-refractivity contribution >= 4 is 28.8 Å². The number of pyridine rings is 1. The lowest BCUT2D eigenvalue weighted by atomic mass is 10.2. The maximum atomic E-state index is 12.9. The van der Waals surface area contributed by atoms with Crippen molar-refractivity contribution in [1.29, 1.82) is 0 Å². The van der Waals surface area contributed by atoms with Gasteiger partial charge in [0.15, 0.2) is 5.69 Å². The van der Waals surface area contributed by atoms with Gasteiger partial charge in [-0.05, 0) is 36.8 Å². The molecule has 5 nitrogen and oxygen atoms in total. The van der Waals surface area contributed by atoms with Gasteiger partial charge >= 0.3 is 0 Å². The lowest BCUT2D eigenvalue weighted by Crippen LogP contribution is -2.30. The van der Waals surface area contributed by atoms with Gasteiger partial charge in [-0.2, -0.15) is 5.10 Å². The number of rotatable bonds is 5. The minimum Gasteiger partial charge on any atom is -0.328 e. The number of amides is 1. The van der Waals surface area contributed by atoms with E-state index in [2.05, 4.69) is 23.1 Å². The second kappa shape index (κ2) is 7.15. The standard InChI is InChI=1S/C17H17ClN4OS/c1-12-3-4-14(24-12)10-22(9-13-5-7-19-8-6-13)17(23)16-15(18)11-21(2)20-16/h3-8,11H,9-10H2,1-2H3. The van der Waals surface area contributed by atoms with E-state index in [4.69, 9.17) is 11.6 Å². The Balaban J connectivity index is 1.88. The first-order valence-electron chi connectivity index (χ1n) is 7.45. The molecule has 0 saturated heterocycles. The Labute approximate surface area is 149 Å². The first-order chi connectivity index (χ1) is 11.5. The molecule has 0 unspecified atom stereocenters. The van der Waals surface area contributed by atoms with Crippen LogP contribution in [0.3, 0.4) is 0 Å². The molecule has 0 aliphatic rings. The van der Waals surface area contributed by atoms with E-state index in [-0.39, 0.29) is 11.6 Å². The SMILES string of the molecule is Cc1ccc(CN(Cc2ccncc2)C(=O)c2nn(C)cc2Cl)s1. The van der Waals surface area contributed by atoms with Crippen molar-refractivity contribution in [3.63, 3.8) is 0 Å². The Morgan fingerprint density at radius 2 is 2.00 bits per heavy atom. The molecule has 3 heterocycles. The summed E-state index contributed by atoms with van der Waals surface area (Å²) in [5.74, 6) is -0.177. The van der Waals surface area contributed by atoms with Gasteiger partial charge in [-0.1, -0.05) is 11.6 Å². The summed E-state index contributed by atoms with van der Waals surface area (Å²) in [7, 11) is 1.75. The van der Waals surface area contributed by atoms with Gasteiger partial charge in [0.25, 0.3) is 5.91 Å². The number of thiophene rings is 1. The van der Waals surface area contributed by atoms with Crippen LogP contribution in [0.1, 0.15) is 25.8 Å². The van der Waals surface area contributed by atoms with E-state index in [1.54, 1.807) is 46.6 Å². The first kappa shape index (κ1) is 16.7. The highest BCUT2D eigenvalue weighted by atomic mass is 35.5. The predicted octanol–water partition coefficient (Wildman–Crippen LogP) is 3.68. The molecule has 124 valence electrons. The fourth-order valence-corrected chi connectivity index (χ4v) is 3.59. The predicted molar refractivity (Wildman–Crippen MR) is 95.1 cm³/mol. The molecule has 0 aliphatic heterocycles. The van der Waals surface area contributed by atoms with Gasteiger partial charge in [0.1, 0.15) is 0 Å². The Morgan fingerprint density at radius 1 is 1.25 bits per heavy atom. The van der Waals surface area contributed by atoms with Crippen molar-refractivity contribution in [1.82, 2.24) is 19.7 Å². The summed E-state index contributed by atoms with van der Waals surface area (Å²) >= 11 is 7.84. The van der Waals surface area contributed by atoms with E-state index >= 15 is 0 Å².